The van der Waals surface area contributed by atoms with Crippen molar-refractivity contribution in [2.75, 3.05) is 13.2 Å². The summed E-state index contributed by atoms with van der Waals surface area (Å²) in [6.07, 6.45) is 3.39. The molecule has 0 spiro atoms. The third kappa shape index (κ3) is 10.3. The lowest BCUT2D eigenvalue weighted by Crippen LogP contribution is -2.30. The number of nitrogens with one attached hydrogen (secondary N) is 1. The second-order valence-electron chi connectivity index (χ2n) is 5.64. The molecule has 0 aliphatic carbocycles. The van der Waals surface area contributed by atoms with Crippen LogP contribution in [0, 0.1) is 5.92 Å². The van der Waals surface area contributed by atoms with E-state index in [1.807, 2.05) is 0 Å². The van der Waals surface area contributed by atoms with Crippen molar-refractivity contribution in [2.24, 2.45) is 5.92 Å². The Morgan fingerprint density at radius 1 is 1.35 bits per heavy atom. The summed E-state index contributed by atoms with van der Waals surface area (Å²) >= 11 is 0. The Morgan fingerprint density at radius 2 is 2.00 bits per heavy atom. The second kappa shape index (κ2) is 8.51. The Labute approximate surface area is 106 Å². The molecule has 0 aromatic carbocycles. The predicted octanol–water partition coefficient (Wildman–Crippen LogP) is 3.13. The molecule has 0 fully saturated rings. The minimum absolute atomic E-state index is 0.132. The van der Waals surface area contributed by atoms with Gasteiger partial charge in [-0.05, 0) is 39.0 Å². The molecule has 3 heteroatoms. The lowest BCUT2D eigenvalue weighted by atomic mass is 10.0. The van der Waals surface area contributed by atoms with Crippen LogP contribution >= 0.6 is 0 Å². The van der Waals surface area contributed by atoms with Gasteiger partial charge in [0.15, 0.2) is 0 Å². The van der Waals surface area contributed by atoms with Crippen molar-refractivity contribution in [3.63, 3.8) is 0 Å². The fourth-order valence-corrected chi connectivity index (χ4v) is 1.41. The van der Waals surface area contributed by atoms with Crippen LogP contribution in [0.25, 0.3) is 0 Å². The Bertz CT molecular complexity index is 212. The molecule has 0 unspecified atom stereocenters. The number of hydrogen-bond acceptors (Lipinski definition) is 2. The molecule has 0 heterocycles. The van der Waals surface area contributed by atoms with Gasteiger partial charge in [-0.3, -0.25) is 4.79 Å². The first-order valence-corrected chi connectivity index (χ1v) is 6.78. The second-order valence-corrected chi connectivity index (χ2v) is 5.64. The van der Waals surface area contributed by atoms with Gasteiger partial charge in [0, 0.05) is 19.6 Å². The Hall–Kier alpha value is -0.570. The molecule has 0 aromatic heterocycles. The maximum Gasteiger partial charge on any atom is 0.220 e. The van der Waals surface area contributed by atoms with E-state index < -0.39 is 0 Å². The van der Waals surface area contributed by atoms with Gasteiger partial charge in [-0.25, -0.2) is 0 Å². The zero-order chi connectivity index (χ0) is 13.3. The Balaban J connectivity index is 3.72. The summed E-state index contributed by atoms with van der Waals surface area (Å²) in [7, 11) is 0. The number of carbonyl (C=O) groups is 1. The summed E-state index contributed by atoms with van der Waals surface area (Å²) in [6, 6.07) is 0. The number of ether oxygens (including phenoxy) is 1. The maximum atomic E-state index is 11.5. The van der Waals surface area contributed by atoms with Gasteiger partial charge < -0.3 is 10.1 Å². The highest BCUT2D eigenvalue weighted by Gasteiger charge is 2.19. The zero-order valence-electron chi connectivity index (χ0n) is 12.1. The van der Waals surface area contributed by atoms with Crippen molar-refractivity contribution < 1.29 is 9.53 Å². The Kier molecular flexibility index (Phi) is 8.23. The van der Waals surface area contributed by atoms with Crippen LogP contribution in [0.5, 0.6) is 0 Å². The van der Waals surface area contributed by atoms with Gasteiger partial charge in [-0.15, -0.1) is 0 Å². The van der Waals surface area contributed by atoms with Crippen LogP contribution in [0.4, 0.5) is 0 Å². The van der Waals surface area contributed by atoms with Crippen LogP contribution in [0.2, 0.25) is 0 Å². The van der Waals surface area contributed by atoms with Gasteiger partial charge in [0.2, 0.25) is 5.91 Å². The average Bonchev–Trinajstić information content (AvgIpc) is 2.23. The molecular weight excluding hydrogens is 214 g/mol. The van der Waals surface area contributed by atoms with Crippen molar-refractivity contribution in [1.29, 1.82) is 0 Å². The SMILES string of the molecule is CCCNC(=O)CCC(C)(C)OCCC(C)C. The molecule has 0 bridgehead atoms. The molecule has 1 N–H and O–H groups in total. The molecular formula is C14H29NO2. The van der Waals surface area contributed by atoms with Crippen LogP contribution < -0.4 is 5.32 Å². The first-order valence-electron chi connectivity index (χ1n) is 6.78. The molecule has 0 radical (unpaired) electrons. The number of amides is 1. The van der Waals surface area contributed by atoms with E-state index in [1.54, 1.807) is 0 Å². The molecule has 0 aromatic rings. The van der Waals surface area contributed by atoms with Gasteiger partial charge in [-0.1, -0.05) is 20.8 Å². The standard InChI is InChI=1S/C14H29NO2/c1-6-10-15-13(16)7-9-14(4,5)17-11-8-12(2)3/h12H,6-11H2,1-5H3,(H,15,16). The van der Waals surface area contributed by atoms with Crippen LogP contribution in [-0.2, 0) is 9.53 Å². The summed E-state index contributed by atoms with van der Waals surface area (Å²) in [5, 5.41) is 2.88. The summed E-state index contributed by atoms with van der Waals surface area (Å²) in [5.41, 5.74) is -0.196. The topological polar surface area (TPSA) is 38.3 Å². The highest BCUT2D eigenvalue weighted by molar-refractivity contribution is 5.75. The van der Waals surface area contributed by atoms with E-state index in [0.717, 1.165) is 32.4 Å². The fraction of sp³-hybridized carbons (Fsp3) is 0.929. The lowest BCUT2D eigenvalue weighted by Gasteiger charge is -2.25. The zero-order valence-corrected chi connectivity index (χ0v) is 12.1. The molecule has 102 valence electrons. The van der Waals surface area contributed by atoms with Crippen molar-refractivity contribution in [2.45, 2.75) is 65.9 Å². The van der Waals surface area contributed by atoms with Gasteiger partial charge >= 0.3 is 0 Å². The van der Waals surface area contributed by atoms with E-state index in [4.69, 9.17) is 4.74 Å². The normalized spacial score (nSPS) is 11.9. The Morgan fingerprint density at radius 3 is 2.53 bits per heavy atom. The van der Waals surface area contributed by atoms with Crippen LogP contribution in [0.3, 0.4) is 0 Å². The maximum absolute atomic E-state index is 11.5. The lowest BCUT2D eigenvalue weighted by molar-refractivity contribution is -0.122. The van der Waals surface area contributed by atoms with Gasteiger partial charge in [0.1, 0.15) is 0 Å². The van der Waals surface area contributed by atoms with Crippen molar-refractivity contribution >= 4 is 5.91 Å². The van der Waals surface area contributed by atoms with Gasteiger partial charge in [0.05, 0.1) is 5.60 Å². The molecule has 0 saturated heterocycles. The minimum atomic E-state index is -0.196. The van der Waals surface area contributed by atoms with E-state index in [9.17, 15) is 4.79 Å². The molecule has 0 saturated carbocycles. The van der Waals surface area contributed by atoms with Crippen LogP contribution in [0.1, 0.15) is 60.3 Å². The first kappa shape index (κ1) is 16.4. The summed E-state index contributed by atoms with van der Waals surface area (Å²) in [4.78, 5) is 11.5. The van der Waals surface area contributed by atoms with Crippen molar-refractivity contribution in [3.05, 3.63) is 0 Å². The number of carbonyl (C=O) groups excluding carboxylic acids is 1. The highest BCUT2D eigenvalue weighted by atomic mass is 16.5. The molecule has 0 aliphatic rings. The van der Waals surface area contributed by atoms with Gasteiger partial charge in [-0.2, -0.15) is 0 Å². The third-order valence-electron chi connectivity index (χ3n) is 2.71. The minimum Gasteiger partial charge on any atom is -0.376 e. The van der Waals surface area contributed by atoms with Crippen molar-refractivity contribution in [1.82, 2.24) is 5.32 Å². The number of rotatable bonds is 9. The third-order valence-corrected chi connectivity index (χ3v) is 2.71. The molecule has 1 amide bonds. The molecule has 17 heavy (non-hydrogen) atoms. The molecule has 3 nitrogen and oxygen atoms in total. The highest BCUT2D eigenvalue weighted by Crippen LogP contribution is 2.17. The molecule has 0 rings (SSSR count). The van der Waals surface area contributed by atoms with Crippen LogP contribution in [0.15, 0.2) is 0 Å². The van der Waals surface area contributed by atoms with E-state index in [0.29, 0.717) is 12.3 Å². The van der Waals surface area contributed by atoms with E-state index >= 15 is 0 Å². The van der Waals surface area contributed by atoms with E-state index in [-0.39, 0.29) is 11.5 Å². The van der Waals surface area contributed by atoms with Crippen LogP contribution in [-0.4, -0.2) is 24.7 Å². The monoisotopic (exact) mass is 243 g/mol. The molecule has 0 atom stereocenters. The summed E-state index contributed by atoms with van der Waals surface area (Å²) in [5.74, 6) is 0.797. The largest absolute Gasteiger partial charge is 0.376 e. The fourth-order valence-electron chi connectivity index (χ4n) is 1.41. The smallest absolute Gasteiger partial charge is 0.220 e. The first-order chi connectivity index (χ1) is 7.87. The number of hydrogen-bond donors (Lipinski definition) is 1. The van der Waals surface area contributed by atoms with E-state index in [2.05, 4.69) is 39.9 Å². The average molecular weight is 243 g/mol. The molecule has 0 aliphatic heterocycles. The van der Waals surface area contributed by atoms with Crippen molar-refractivity contribution in [3.8, 4) is 0 Å². The quantitative estimate of drug-likeness (QED) is 0.675. The van der Waals surface area contributed by atoms with Gasteiger partial charge in [0.25, 0.3) is 0 Å². The van der Waals surface area contributed by atoms with E-state index in [1.165, 1.54) is 0 Å². The summed E-state index contributed by atoms with van der Waals surface area (Å²) in [6.45, 7) is 12.1. The summed E-state index contributed by atoms with van der Waals surface area (Å²) < 4.78 is 5.82. The predicted molar refractivity (Wildman–Crippen MR) is 72.0 cm³/mol.